The Morgan fingerprint density at radius 1 is 1.21 bits per heavy atom. The van der Waals surface area contributed by atoms with Crippen molar-refractivity contribution in [3.8, 4) is 0 Å². The maximum atomic E-state index is 12.8. The summed E-state index contributed by atoms with van der Waals surface area (Å²) in [6.07, 6.45) is 0. The number of carbonyl (C=O) groups excluding carboxylic acids is 2. The van der Waals surface area contributed by atoms with Crippen molar-refractivity contribution in [3.63, 3.8) is 0 Å². The molecule has 0 unspecified atom stereocenters. The van der Waals surface area contributed by atoms with Gasteiger partial charge in [0.2, 0.25) is 11.8 Å². The van der Waals surface area contributed by atoms with Gasteiger partial charge in [-0.1, -0.05) is 38.1 Å². The maximum absolute atomic E-state index is 12.8. The molecule has 6 nitrogen and oxygen atoms in total. The van der Waals surface area contributed by atoms with E-state index in [1.807, 2.05) is 62.4 Å². The van der Waals surface area contributed by atoms with E-state index in [2.05, 4.69) is 15.3 Å². The van der Waals surface area contributed by atoms with Crippen molar-refractivity contribution < 1.29 is 9.59 Å². The van der Waals surface area contributed by atoms with Crippen LogP contribution in [0.4, 0.5) is 5.69 Å². The molecule has 0 radical (unpaired) electrons. The summed E-state index contributed by atoms with van der Waals surface area (Å²) < 4.78 is 0. The van der Waals surface area contributed by atoms with Gasteiger partial charge in [0.15, 0.2) is 0 Å². The molecule has 2 amide bonds. The lowest BCUT2D eigenvalue weighted by molar-refractivity contribution is -0.123. The molecule has 0 saturated carbocycles. The zero-order chi connectivity index (χ0) is 19.7. The van der Waals surface area contributed by atoms with Crippen LogP contribution in [0.15, 0.2) is 53.4 Å². The highest BCUT2D eigenvalue weighted by Gasteiger charge is 2.28. The van der Waals surface area contributed by atoms with Gasteiger partial charge in [0.05, 0.1) is 28.5 Å². The lowest BCUT2D eigenvalue weighted by Crippen LogP contribution is -2.45. The molecule has 0 aliphatic carbocycles. The number of benzene rings is 2. The van der Waals surface area contributed by atoms with Gasteiger partial charge in [0, 0.05) is 4.90 Å². The van der Waals surface area contributed by atoms with E-state index >= 15 is 0 Å². The van der Waals surface area contributed by atoms with Gasteiger partial charge in [-0.05, 0) is 30.2 Å². The predicted octanol–water partition coefficient (Wildman–Crippen LogP) is 3.52. The average molecular weight is 395 g/mol. The zero-order valence-corrected chi connectivity index (χ0v) is 16.6. The van der Waals surface area contributed by atoms with E-state index in [9.17, 15) is 9.59 Å². The number of aromatic amines is 1. The van der Waals surface area contributed by atoms with Crippen LogP contribution in [0.1, 0.15) is 25.7 Å². The van der Waals surface area contributed by atoms with Gasteiger partial charge in [0.1, 0.15) is 12.4 Å². The first-order chi connectivity index (χ1) is 13.5. The van der Waals surface area contributed by atoms with Gasteiger partial charge in [-0.2, -0.15) is 0 Å². The fourth-order valence-electron chi connectivity index (χ4n) is 3.36. The molecule has 2 heterocycles. The third-order valence-corrected chi connectivity index (χ3v) is 5.84. The molecule has 0 fully saturated rings. The maximum Gasteiger partial charge on any atom is 0.240 e. The Balaban J connectivity index is 1.53. The Hall–Kier alpha value is -2.80. The molecule has 3 aromatic rings. The molecule has 28 heavy (non-hydrogen) atoms. The van der Waals surface area contributed by atoms with Gasteiger partial charge >= 0.3 is 0 Å². The van der Waals surface area contributed by atoms with E-state index in [1.165, 1.54) is 11.8 Å². The first-order valence-electron chi connectivity index (χ1n) is 9.29. The molecule has 1 aliphatic rings. The standard InChI is InChI=1S/C21H22N4O2S/c1-13(2)20(21-22-14-7-3-4-8-15(14)23-21)24-18(26)11-25-16-9-5-6-10-17(16)28-12-19(25)27/h3-10,13,20H,11-12H2,1-2H3,(H,22,23)(H,24,26)/t20-/m0/s1. The van der Waals surface area contributed by atoms with Crippen LogP contribution in [0.3, 0.4) is 0 Å². The van der Waals surface area contributed by atoms with E-state index < -0.39 is 0 Å². The molecule has 4 rings (SSSR count). The fraction of sp³-hybridized carbons (Fsp3) is 0.286. The minimum Gasteiger partial charge on any atom is -0.344 e. The number of imidazole rings is 1. The van der Waals surface area contributed by atoms with Crippen molar-refractivity contribution in [1.82, 2.24) is 15.3 Å². The smallest absolute Gasteiger partial charge is 0.240 e. The molecule has 1 atom stereocenters. The van der Waals surface area contributed by atoms with Crippen molar-refractivity contribution in [3.05, 3.63) is 54.4 Å². The van der Waals surface area contributed by atoms with E-state index in [-0.39, 0.29) is 30.3 Å². The SMILES string of the molecule is CC(C)[C@H](NC(=O)CN1C(=O)CSc2ccccc21)c1nc2ccccc2[nH]1. The minimum atomic E-state index is -0.260. The first-order valence-corrected chi connectivity index (χ1v) is 10.3. The molecule has 1 aliphatic heterocycles. The van der Waals surface area contributed by atoms with Crippen molar-refractivity contribution in [2.45, 2.75) is 24.8 Å². The van der Waals surface area contributed by atoms with Gasteiger partial charge < -0.3 is 15.2 Å². The van der Waals surface area contributed by atoms with Crippen LogP contribution in [-0.4, -0.2) is 34.1 Å². The van der Waals surface area contributed by atoms with E-state index in [0.717, 1.165) is 27.4 Å². The minimum absolute atomic E-state index is 0.000144. The normalized spacial score (nSPS) is 15.0. The summed E-state index contributed by atoms with van der Waals surface area (Å²) in [5, 5.41) is 3.06. The van der Waals surface area contributed by atoms with Gasteiger partial charge in [-0.25, -0.2) is 4.98 Å². The highest BCUT2D eigenvalue weighted by atomic mass is 32.2. The summed E-state index contributed by atoms with van der Waals surface area (Å²) in [6.45, 7) is 4.08. The second kappa shape index (κ2) is 7.67. The second-order valence-electron chi connectivity index (χ2n) is 7.16. The Morgan fingerprint density at radius 3 is 2.75 bits per heavy atom. The van der Waals surface area contributed by atoms with E-state index in [1.54, 1.807) is 4.90 Å². The largest absolute Gasteiger partial charge is 0.344 e. The molecule has 1 aromatic heterocycles. The number of hydrogen-bond donors (Lipinski definition) is 2. The zero-order valence-electron chi connectivity index (χ0n) is 15.8. The number of nitrogens with one attached hydrogen (secondary N) is 2. The number of rotatable bonds is 5. The molecular formula is C21H22N4O2S. The molecule has 0 bridgehead atoms. The number of fused-ring (bicyclic) bond motifs is 2. The van der Waals surface area contributed by atoms with Crippen LogP contribution in [0.2, 0.25) is 0 Å². The molecule has 0 saturated heterocycles. The van der Waals surface area contributed by atoms with Crippen LogP contribution in [-0.2, 0) is 9.59 Å². The Kier molecular flexibility index (Phi) is 5.09. The first kappa shape index (κ1) is 18.6. The highest BCUT2D eigenvalue weighted by molar-refractivity contribution is 8.00. The lowest BCUT2D eigenvalue weighted by atomic mass is 10.0. The van der Waals surface area contributed by atoms with Crippen molar-refractivity contribution >= 4 is 40.3 Å². The highest BCUT2D eigenvalue weighted by Crippen LogP contribution is 2.34. The number of para-hydroxylation sites is 3. The summed E-state index contributed by atoms with van der Waals surface area (Å²) >= 11 is 1.51. The van der Waals surface area contributed by atoms with Crippen LogP contribution in [0.25, 0.3) is 11.0 Å². The number of nitrogens with zero attached hydrogens (tertiary/aromatic N) is 2. The molecule has 2 N–H and O–H groups in total. The molecule has 2 aromatic carbocycles. The number of thioether (sulfide) groups is 1. The molecule has 0 spiro atoms. The van der Waals surface area contributed by atoms with Crippen molar-refractivity contribution in [2.75, 3.05) is 17.2 Å². The summed E-state index contributed by atoms with van der Waals surface area (Å²) in [4.78, 5) is 35.7. The number of carbonyl (C=O) groups is 2. The van der Waals surface area contributed by atoms with E-state index in [0.29, 0.717) is 5.75 Å². The quantitative estimate of drug-likeness (QED) is 0.694. The van der Waals surface area contributed by atoms with Crippen LogP contribution in [0, 0.1) is 5.92 Å². The summed E-state index contributed by atoms with van der Waals surface area (Å²) in [5.41, 5.74) is 2.60. The number of hydrogen-bond acceptors (Lipinski definition) is 4. The Bertz CT molecular complexity index is 997. The number of anilines is 1. The summed E-state index contributed by atoms with van der Waals surface area (Å²) in [6, 6.07) is 15.2. The van der Waals surface area contributed by atoms with Gasteiger partial charge in [-0.3, -0.25) is 9.59 Å². The van der Waals surface area contributed by atoms with Crippen molar-refractivity contribution in [1.29, 1.82) is 0 Å². The topological polar surface area (TPSA) is 78.1 Å². The summed E-state index contributed by atoms with van der Waals surface area (Å²) in [7, 11) is 0. The third kappa shape index (κ3) is 3.62. The van der Waals surface area contributed by atoms with Crippen LogP contribution in [0.5, 0.6) is 0 Å². The molecule has 7 heteroatoms. The predicted molar refractivity (Wildman–Crippen MR) is 111 cm³/mol. The lowest BCUT2D eigenvalue weighted by Gasteiger charge is -2.29. The van der Waals surface area contributed by atoms with Crippen molar-refractivity contribution in [2.24, 2.45) is 5.92 Å². The third-order valence-electron chi connectivity index (χ3n) is 4.80. The van der Waals surface area contributed by atoms with Crippen LogP contribution < -0.4 is 10.2 Å². The van der Waals surface area contributed by atoms with Gasteiger partial charge in [-0.15, -0.1) is 11.8 Å². The van der Waals surface area contributed by atoms with Crippen LogP contribution >= 0.6 is 11.8 Å². The second-order valence-corrected chi connectivity index (χ2v) is 8.18. The average Bonchev–Trinajstić information content (AvgIpc) is 3.12. The monoisotopic (exact) mass is 394 g/mol. The van der Waals surface area contributed by atoms with Gasteiger partial charge in [0.25, 0.3) is 0 Å². The number of aromatic nitrogens is 2. The van der Waals surface area contributed by atoms with E-state index in [4.69, 9.17) is 0 Å². The number of H-pyrrole nitrogens is 1. The Morgan fingerprint density at radius 2 is 1.96 bits per heavy atom. The Labute approximate surface area is 167 Å². The fourth-order valence-corrected chi connectivity index (χ4v) is 4.30. The molecule has 144 valence electrons. The number of amides is 2. The molecular weight excluding hydrogens is 372 g/mol. The summed E-state index contributed by atoms with van der Waals surface area (Å²) in [5.74, 6) is 0.967.